The summed E-state index contributed by atoms with van der Waals surface area (Å²) in [6.45, 7) is -0.362. The second-order valence-electron chi connectivity index (χ2n) is 6.92. The molecule has 3 N–H and O–H groups in total. The van der Waals surface area contributed by atoms with E-state index in [4.69, 9.17) is 9.47 Å². The highest BCUT2D eigenvalue weighted by Crippen LogP contribution is 2.28. The molecule has 2 amide bonds. The number of rotatable bonds is 9. The fourth-order valence-electron chi connectivity index (χ4n) is 2.84. The number of halogens is 1. The summed E-state index contributed by atoms with van der Waals surface area (Å²) in [6.07, 6.45) is 1.37. The highest BCUT2D eigenvalue weighted by atomic mass is 79.9. The van der Waals surface area contributed by atoms with E-state index in [9.17, 15) is 24.8 Å². The third-order valence-electron chi connectivity index (χ3n) is 4.47. The Labute approximate surface area is 207 Å². The van der Waals surface area contributed by atoms with E-state index < -0.39 is 16.7 Å². The van der Waals surface area contributed by atoms with E-state index in [2.05, 4.69) is 31.8 Å². The zero-order valence-electron chi connectivity index (χ0n) is 18.2. The lowest BCUT2D eigenvalue weighted by Gasteiger charge is -2.11. The molecule has 0 aliphatic rings. The first-order valence-corrected chi connectivity index (χ1v) is 10.7. The van der Waals surface area contributed by atoms with Gasteiger partial charge in [-0.3, -0.25) is 19.7 Å². The van der Waals surface area contributed by atoms with Crippen LogP contribution < -0.4 is 20.2 Å². The van der Waals surface area contributed by atoms with Crippen LogP contribution in [0.25, 0.3) is 0 Å². The van der Waals surface area contributed by atoms with Gasteiger partial charge in [-0.2, -0.15) is 5.10 Å². The summed E-state index contributed by atoms with van der Waals surface area (Å²) in [7, 11) is 1.42. The minimum Gasteiger partial charge on any atom is -0.507 e. The smallest absolute Gasteiger partial charge is 0.275 e. The molecule has 0 aromatic heterocycles. The molecule has 0 unspecified atom stereocenters. The number of anilines is 1. The largest absolute Gasteiger partial charge is 0.507 e. The molecule has 0 aliphatic carbocycles. The molecule has 0 saturated carbocycles. The molecule has 3 aromatic carbocycles. The zero-order chi connectivity index (χ0) is 25.4. The monoisotopic (exact) mass is 542 g/mol. The van der Waals surface area contributed by atoms with E-state index in [1.165, 1.54) is 49.7 Å². The number of carbonyl (C=O) groups is 2. The molecular weight excluding hydrogens is 524 g/mol. The van der Waals surface area contributed by atoms with E-state index in [1.54, 1.807) is 24.3 Å². The Morgan fingerprint density at radius 1 is 1.14 bits per heavy atom. The van der Waals surface area contributed by atoms with E-state index in [1.807, 2.05) is 0 Å². The molecule has 3 aromatic rings. The van der Waals surface area contributed by atoms with Gasteiger partial charge in [0.15, 0.2) is 18.1 Å². The number of amides is 2. The van der Waals surface area contributed by atoms with Crippen LogP contribution in [0.4, 0.5) is 11.4 Å². The van der Waals surface area contributed by atoms with Gasteiger partial charge in [-0.15, -0.1) is 0 Å². The molecule has 0 atom stereocenters. The number of phenolic OH excluding ortho intramolecular Hbond substituents is 1. The van der Waals surface area contributed by atoms with Crippen molar-refractivity contribution in [3.05, 3.63) is 86.4 Å². The van der Waals surface area contributed by atoms with Crippen molar-refractivity contribution in [3.63, 3.8) is 0 Å². The maximum absolute atomic E-state index is 12.2. The van der Waals surface area contributed by atoms with E-state index >= 15 is 0 Å². The van der Waals surface area contributed by atoms with Gasteiger partial charge in [0.1, 0.15) is 5.75 Å². The van der Waals surface area contributed by atoms with Gasteiger partial charge in [-0.05, 0) is 48.0 Å². The Bertz CT molecular complexity index is 1300. The number of aromatic hydroxyl groups is 1. The third-order valence-corrected chi connectivity index (χ3v) is 4.96. The van der Waals surface area contributed by atoms with Crippen LogP contribution >= 0.6 is 15.9 Å². The highest BCUT2D eigenvalue weighted by molar-refractivity contribution is 9.10. The fraction of sp³-hybridized carbons (Fsp3) is 0.0870. The van der Waals surface area contributed by atoms with Crippen LogP contribution in [0.1, 0.15) is 15.9 Å². The molecule has 0 bridgehead atoms. The van der Waals surface area contributed by atoms with Crippen LogP contribution in [-0.4, -0.2) is 41.8 Å². The quantitative estimate of drug-likeness (QED) is 0.211. The highest BCUT2D eigenvalue weighted by Gasteiger charge is 2.12. The minimum atomic E-state index is -0.596. The van der Waals surface area contributed by atoms with Gasteiger partial charge in [0.05, 0.1) is 23.8 Å². The molecule has 0 spiro atoms. The zero-order valence-corrected chi connectivity index (χ0v) is 19.8. The molecule has 12 heteroatoms. The number of non-ortho nitro benzene ring substituents is 1. The van der Waals surface area contributed by atoms with E-state index in [0.717, 1.165) is 0 Å². The van der Waals surface area contributed by atoms with Crippen LogP contribution in [0, 0.1) is 10.1 Å². The van der Waals surface area contributed by atoms with Crippen molar-refractivity contribution in [2.75, 3.05) is 19.0 Å². The maximum atomic E-state index is 12.2. The lowest BCUT2D eigenvalue weighted by molar-refractivity contribution is -0.384. The van der Waals surface area contributed by atoms with Crippen LogP contribution in [0.3, 0.4) is 0 Å². The van der Waals surface area contributed by atoms with Crippen molar-refractivity contribution in [1.82, 2.24) is 5.43 Å². The number of nitro groups is 1. The number of nitro benzene ring substituents is 1. The summed E-state index contributed by atoms with van der Waals surface area (Å²) in [6, 6.07) is 14.8. The summed E-state index contributed by atoms with van der Waals surface area (Å²) < 4.78 is 11.4. The second kappa shape index (κ2) is 11.6. The Morgan fingerprint density at radius 2 is 1.94 bits per heavy atom. The normalized spacial score (nSPS) is 10.6. The van der Waals surface area contributed by atoms with Gasteiger partial charge in [0, 0.05) is 22.3 Å². The van der Waals surface area contributed by atoms with Gasteiger partial charge in [-0.25, -0.2) is 5.43 Å². The fourth-order valence-corrected chi connectivity index (χ4v) is 3.20. The molecular formula is C23H19BrN4O7. The van der Waals surface area contributed by atoms with Crippen LogP contribution in [-0.2, 0) is 4.79 Å². The molecule has 180 valence electrons. The molecule has 35 heavy (non-hydrogen) atoms. The predicted molar refractivity (Wildman–Crippen MR) is 131 cm³/mol. The SMILES string of the molecule is COc1cc(/C=N\NC(=O)c2cc(Br)ccc2O)ccc1OCC(=O)Nc1cccc([N+](=O)[O-])c1. The van der Waals surface area contributed by atoms with Gasteiger partial charge >= 0.3 is 0 Å². The Kier molecular flexibility index (Phi) is 8.35. The molecule has 0 saturated heterocycles. The standard InChI is InChI=1S/C23H19BrN4O7/c1-34-21-9-14(12-25-27-23(31)18-10-15(24)6-7-19(18)29)5-8-20(21)35-13-22(30)26-16-3-2-4-17(11-16)28(32)33/h2-12,29H,13H2,1H3,(H,26,30)(H,27,31)/b25-12-. The summed E-state index contributed by atoms with van der Waals surface area (Å²) in [5.74, 6) is -0.702. The number of ether oxygens (including phenoxy) is 2. The first-order chi connectivity index (χ1) is 16.8. The van der Waals surface area contributed by atoms with Crippen molar-refractivity contribution in [2.45, 2.75) is 0 Å². The predicted octanol–water partition coefficient (Wildman–Crippen LogP) is 3.85. The Hall–Kier alpha value is -4.45. The van der Waals surface area contributed by atoms with Crippen molar-refractivity contribution < 1.29 is 29.1 Å². The number of phenols is 1. The molecule has 3 rings (SSSR count). The average molecular weight is 543 g/mol. The lowest BCUT2D eigenvalue weighted by Crippen LogP contribution is -2.20. The van der Waals surface area contributed by atoms with Crippen molar-refractivity contribution in [2.24, 2.45) is 5.10 Å². The van der Waals surface area contributed by atoms with Gasteiger partial charge in [0.25, 0.3) is 17.5 Å². The number of methoxy groups -OCH3 is 1. The van der Waals surface area contributed by atoms with Crippen LogP contribution in [0.15, 0.2) is 70.2 Å². The lowest BCUT2D eigenvalue weighted by atomic mass is 10.2. The molecule has 0 heterocycles. The van der Waals surface area contributed by atoms with Crippen molar-refractivity contribution in [3.8, 4) is 17.2 Å². The molecule has 0 radical (unpaired) electrons. The maximum Gasteiger partial charge on any atom is 0.275 e. The number of benzene rings is 3. The van der Waals surface area contributed by atoms with Crippen molar-refractivity contribution >= 4 is 45.3 Å². The van der Waals surface area contributed by atoms with E-state index in [0.29, 0.717) is 15.8 Å². The van der Waals surface area contributed by atoms with Crippen LogP contribution in [0.5, 0.6) is 17.2 Å². The summed E-state index contributed by atoms with van der Waals surface area (Å²) >= 11 is 3.23. The third kappa shape index (κ3) is 7.01. The average Bonchev–Trinajstić information content (AvgIpc) is 2.84. The van der Waals surface area contributed by atoms with Crippen LogP contribution in [0.2, 0.25) is 0 Å². The number of nitrogens with one attached hydrogen (secondary N) is 2. The number of hydrazone groups is 1. The summed E-state index contributed by atoms with van der Waals surface area (Å²) in [5.41, 5.74) is 3.07. The summed E-state index contributed by atoms with van der Waals surface area (Å²) in [5, 5.41) is 27.1. The minimum absolute atomic E-state index is 0.0567. The molecule has 0 fully saturated rings. The number of hydrogen-bond acceptors (Lipinski definition) is 8. The number of nitrogens with zero attached hydrogens (tertiary/aromatic N) is 2. The Morgan fingerprint density at radius 3 is 2.69 bits per heavy atom. The van der Waals surface area contributed by atoms with E-state index in [-0.39, 0.29) is 35.0 Å². The summed E-state index contributed by atoms with van der Waals surface area (Å²) in [4.78, 5) is 34.7. The van der Waals surface area contributed by atoms with Gasteiger partial charge < -0.3 is 19.9 Å². The topological polar surface area (TPSA) is 152 Å². The molecule has 11 nitrogen and oxygen atoms in total. The first kappa shape index (κ1) is 25.2. The Balaban J connectivity index is 1.59. The van der Waals surface area contributed by atoms with Crippen molar-refractivity contribution in [1.29, 1.82) is 0 Å². The number of hydrogen-bond donors (Lipinski definition) is 3. The van der Waals surface area contributed by atoms with Gasteiger partial charge in [-0.1, -0.05) is 22.0 Å². The van der Waals surface area contributed by atoms with Gasteiger partial charge in [0.2, 0.25) is 0 Å². The first-order valence-electron chi connectivity index (χ1n) is 9.94. The second-order valence-corrected chi connectivity index (χ2v) is 7.83. The molecule has 0 aliphatic heterocycles. The number of carbonyl (C=O) groups excluding carboxylic acids is 2.